The van der Waals surface area contributed by atoms with Gasteiger partial charge in [0, 0.05) is 37.3 Å². The molecular weight excluding hydrogens is 500 g/mol. The second kappa shape index (κ2) is 11.3. The van der Waals surface area contributed by atoms with Crippen molar-refractivity contribution >= 4 is 23.5 Å². The Balaban J connectivity index is 1.23. The van der Waals surface area contributed by atoms with Gasteiger partial charge >= 0.3 is 5.97 Å². The first-order valence-corrected chi connectivity index (χ1v) is 13.7. The average molecular weight is 533 g/mol. The molecule has 3 aliphatic heterocycles. The van der Waals surface area contributed by atoms with Crippen LogP contribution in [0.4, 0.5) is 0 Å². The maximum atomic E-state index is 14.3. The Morgan fingerprint density at radius 1 is 0.921 bits per heavy atom. The van der Waals surface area contributed by atoms with Crippen LogP contribution in [0, 0.1) is 5.92 Å². The van der Waals surface area contributed by atoms with Gasteiger partial charge in [0.1, 0.15) is 6.54 Å². The maximum Gasteiger partial charge on any atom is 0.304 e. The van der Waals surface area contributed by atoms with E-state index >= 15 is 0 Å². The van der Waals surface area contributed by atoms with Gasteiger partial charge in [-0.25, -0.2) is 0 Å². The molecule has 3 saturated heterocycles. The zero-order valence-electron chi connectivity index (χ0n) is 21.4. The summed E-state index contributed by atoms with van der Waals surface area (Å²) in [6.45, 7) is 4.18. The van der Waals surface area contributed by atoms with Gasteiger partial charge in [-0.2, -0.15) is 0 Å². The van der Waals surface area contributed by atoms with Crippen LogP contribution in [0.3, 0.4) is 0 Å². The monoisotopic (exact) mass is 532 g/mol. The fraction of sp³-hybridized carbons (Fsp3) is 0.355. The van der Waals surface area contributed by atoms with E-state index in [9.17, 15) is 14.7 Å². The molecule has 0 spiro atoms. The summed E-state index contributed by atoms with van der Waals surface area (Å²) >= 11 is 6.14. The third-order valence-electron chi connectivity index (χ3n) is 8.16. The topological polar surface area (TPSA) is 78.5 Å². The van der Waals surface area contributed by atoms with Crippen molar-refractivity contribution in [1.82, 2.24) is 5.32 Å². The van der Waals surface area contributed by atoms with Gasteiger partial charge < -0.3 is 19.6 Å². The van der Waals surface area contributed by atoms with E-state index in [0.29, 0.717) is 34.8 Å². The number of halogens is 1. The smallest absolute Gasteiger partial charge is 0.304 e. The predicted octanol–water partition coefficient (Wildman–Crippen LogP) is 3.92. The summed E-state index contributed by atoms with van der Waals surface area (Å²) in [5.41, 5.74) is -0.876. The van der Waals surface area contributed by atoms with Crippen LogP contribution in [0.25, 0.3) is 0 Å². The number of carbonyl (C=O) groups is 2. The van der Waals surface area contributed by atoms with Gasteiger partial charge in [0.25, 0.3) is 5.91 Å². The minimum atomic E-state index is -2.12. The first-order chi connectivity index (χ1) is 18.4. The summed E-state index contributed by atoms with van der Waals surface area (Å²) in [5.74, 6) is -0.637. The number of hydrogen-bond acceptors (Lipinski definition) is 4. The summed E-state index contributed by atoms with van der Waals surface area (Å²) in [6, 6.07) is 24.6. The highest BCUT2D eigenvalue weighted by molar-refractivity contribution is 6.33. The quantitative estimate of drug-likeness (QED) is 0.257. The molecule has 6 nitrogen and oxygen atoms in total. The van der Waals surface area contributed by atoms with Gasteiger partial charge in [0.2, 0.25) is 0 Å². The lowest BCUT2D eigenvalue weighted by Gasteiger charge is -2.53. The van der Waals surface area contributed by atoms with Crippen LogP contribution in [-0.2, 0) is 15.1 Å². The van der Waals surface area contributed by atoms with Gasteiger partial charge in [0.15, 0.2) is 6.10 Å². The Morgan fingerprint density at radius 3 is 2.11 bits per heavy atom. The van der Waals surface area contributed by atoms with E-state index in [1.807, 2.05) is 12.1 Å². The highest BCUT2D eigenvalue weighted by Crippen LogP contribution is 2.37. The number of esters is 1. The van der Waals surface area contributed by atoms with E-state index in [0.717, 1.165) is 43.4 Å². The van der Waals surface area contributed by atoms with Crippen molar-refractivity contribution in [1.29, 1.82) is 0 Å². The molecule has 2 bridgehead atoms. The van der Waals surface area contributed by atoms with Crippen LogP contribution < -0.4 is 10.4 Å². The highest BCUT2D eigenvalue weighted by Gasteiger charge is 2.48. The Labute approximate surface area is 228 Å². The number of fused-ring (bicyclic) bond motifs is 3. The van der Waals surface area contributed by atoms with E-state index in [-0.39, 0.29) is 17.9 Å². The molecule has 198 valence electrons. The molecule has 1 atom stereocenters. The molecule has 0 radical (unpaired) electrons. The minimum Gasteiger partial charge on any atom is -0.834 e. The lowest BCUT2D eigenvalue weighted by molar-refractivity contribution is -0.946. The number of ether oxygens (including phenoxy) is 1. The highest BCUT2D eigenvalue weighted by atomic mass is 35.5. The maximum absolute atomic E-state index is 14.3. The van der Waals surface area contributed by atoms with Gasteiger partial charge in [-0.1, -0.05) is 84.4 Å². The average Bonchev–Trinajstić information content (AvgIpc) is 2.96. The number of nitrogens with one attached hydrogen (secondary N) is 1. The van der Waals surface area contributed by atoms with Crippen LogP contribution in [-0.4, -0.2) is 55.2 Å². The Hall–Kier alpha value is -3.19. The van der Waals surface area contributed by atoms with Gasteiger partial charge in [-0.15, -0.1) is 0 Å². The molecular formula is C31H33ClN2O4. The number of amides is 1. The van der Waals surface area contributed by atoms with Gasteiger partial charge in [0.05, 0.1) is 30.2 Å². The number of carbonyl (C=O) groups excluding carboxylic acids is 2. The molecule has 6 rings (SSSR count). The van der Waals surface area contributed by atoms with Crippen molar-refractivity contribution in [2.75, 3.05) is 32.7 Å². The second-order valence-corrected chi connectivity index (χ2v) is 10.9. The summed E-state index contributed by atoms with van der Waals surface area (Å²) < 4.78 is 6.93. The van der Waals surface area contributed by atoms with Crippen molar-refractivity contribution in [2.24, 2.45) is 5.92 Å². The van der Waals surface area contributed by atoms with Crippen molar-refractivity contribution in [3.8, 4) is 0 Å². The van der Waals surface area contributed by atoms with Crippen LogP contribution in [0.1, 0.15) is 40.7 Å². The van der Waals surface area contributed by atoms with Crippen molar-refractivity contribution < 1.29 is 23.9 Å². The molecule has 3 heterocycles. The van der Waals surface area contributed by atoms with Crippen molar-refractivity contribution in [3.05, 3.63) is 107 Å². The Kier molecular flexibility index (Phi) is 7.84. The number of benzene rings is 3. The lowest BCUT2D eigenvalue weighted by Crippen LogP contribution is -2.65. The molecule has 3 aliphatic rings. The Bertz CT molecular complexity index is 1220. The number of quaternary nitrogens is 1. The van der Waals surface area contributed by atoms with E-state index in [4.69, 9.17) is 16.3 Å². The van der Waals surface area contributed by atoms with Crippen LogP contribution >= 0.6 is 11.6 Å². The molecule has 0 aliphatic carbocycles. The number of piperidine rings is 3. The SMILES string of the molecule is O=C(NCCC[N+]12CCC(CC1)C(OC(=O)C([O-])(c1ccccc1)c1ccccc1)C2)c1ccccc1Cl. The predicted molar refractivity (Wildman–Crippen MR) is 144 cm³/mol. The van der Waals surface area contributed by atoms with Crippen molar-refractivity contribution in [2.45, 2.75) is 31.0 Å². The zero-order chi connectivity index (χ0) is 26.6. The fourth-order valence-corrected chi connectivity index (χ4v) is 6.22. The van der Waals surface area contributed by atoms with Crippen LogP contribution in [0.2, 0.25) is 5.02 Å². The minimum absolute atomic E-state index is 0.173. The standard InChI is InChI=1S/C31H33ClN2O4/c32-27-15-8-7-14-26(27)29(35)33-18-9-19-34-20-16-23(17-21-34)28(22-34)38-30(36)31(37,24-10-3-1-4-11-24)25-12-5-2-6-13-25/h1-8,10-15,23,28H,9,16-22H2,(H,33,35). The molecule has 38 heavy (non-hydrogen) atoms. The molecule has 0 aromatic heterocycles. The number of nitrogens with zero attached hydrogens (tertiary/aromatic N) is 1. The molecule has 1 N–H and O–H groups in total. The van der Waals surface area contributed by atoms with E-state index in [1.165, 1.54) is 0 Å². The van der Waals surface area contributed by atoms with Crippen LogP contribution in [0.15, 0.2) is 84.9 Å². The van der Waals surface area contributed by atoms with Gasteiger partial charge in [-0.05, 0) is 23.3 Å². The fourth-order valence-electron chi connectivity index (χ4n) is 5.99. The third kappa shape index (κ3) is 5.35. The summed E-state index contributed by atoms with van der Waals surface area (Å²) in [5, 5.41) is 17.7. The van der Waals surface area contributed by atoms with Crippen molar-refractivity contribution in [3.63, 3.8) is 0 Å². The van der Waals surface area contributed by atoms with E-state index in [2.05, 4.69) is 5.32 Å². The molecule has 1 amide bonds. The Morgan fingerprint density at radius 2 is 1.50 bits per heavy atom. The molecule has 1 unspecified atom stereocenters. The molecule has 3 fully saturated rings. The third-order valence-corrected chi connectivity index (χ3v) is 8.49. The number of hydrogen-bond donors (Lipinski definition) is 1. The van der Waals surface area contributed by atoms with Crippen LogP contribution in [0.5, 0.6) is 0 Å². The summed E-state index contributed by atoms with van der Waals surface area (Å²) in [7, 11) is 0. The first kappa shape index (κ1) is 26.4. The van der Waals surface area contributed by atoms with E-state index < -0.39 is 11.6 Å². The molecule has 3 aromatic carbocycles. The molecule has 7 heteroatoms. The zero-order valence-corrected chi connectivity index (χ0v) is 22.1. The first-order valence-electron chi connectivity index (χ1n) is 13.3. The normalized spacial score (nSPS) is 22.6. The van der Waals surface area contributed by atoms with E-state index in [1.54, 1.807) is 72.8 Å². The lowest BCUT2D eigenvalue weighted by atomic mass is 9.82. The summed E-state index contributed by atoms with van der Waals surface area (Å²) in [4.78, 5) is 26.1. The summed E-state index contributed by atoms with van der Waals surface area (Å²) in [6.07, 6.45) is 2.45. The second-order valence-electron chi connectivity index (χ2n) is 10.5. The van der Waals surface area contributed by atoms with Gasteiger partial charge in [-0.3, -0.25) is 9.59 Å². The largest absolute Gasteiger partial charge is 0.834 e. The molecule has 3 aromatic rings. The number of rotatable bonds is 9. The molecule has 0 saturated carbocycles.